The number of H-pyrrole nitrogens is 1. The van der Waals surface area contributed by atoms with E-state index in [-0.39, 0.29) is 4.90 Å². The Morgan fingerprint density at radius 1 is 0.976 bits per heavy atom. The number of hydrogen-bond acceptors (Lipinski definition) is 5. The van der Waals surface area contributed by atoms with E-state index in [4.69, 9.17) is 4.98 Å². The fourth-order valence-electron chi connectivity index (χ4n) is 5.24. The highest BCUT2D eigenvalue weighted by Crippen LogP contribution is 2.40. The average molecular weight is 588 g/mol. The summed E-state index contributed by atoms with van der Waals surface area (Å²) < 4.78 is 45.4. The minimum absolute atomic E-state index is 0.197. The molecule has 0 aliphatic rings. The highest BCUT2D eigenvalue weighted by molar-refractivity contribution is 7.90. The molecule has 2 N–H and O–H groups in total. The van der Waals surface area contributed by atoms with Crippen LogP contribution >= 0.6 is 0 Å². The number of aromatic amines is 1. The van der Waals surface area contributed by atoms with Gasteiger partial charge in [0.1, 0.15) is 11.4 Å². The van der Waals surface area contributed by atoms with E-state index in [0.717, 1.165) is 22.3 Å². The maximum Gasteiger partial charge on any atom is 0.268 e. The van der Waals surface area contributed by atoms with E-state index >= 15 is 0 Å². The van der Waals surface area contributed by atoms with Crippen LogP contribution in [0.15, 0.2) is 65.7 Å². The number of nitriles is 1. The minimum atomic E-state index is -3.89. The van der Waals surface area contributed by atoms with Crippen molar-refractivity contribution >= 4 is 42.9 Å². The molecule has 0 bridgehead atoms. The third-order valence-corrected chi connectivity index (χ3v) is 10.7. The van der Waals surface area contributed by atoms with E-state index in [9.17, 15) is 17.9 Å². The Labute approximate surface area is 243 Å². The van der Waals surface area contributed by atoms with Gasteiger partial charge >= 0.3 is 0 Å². The zero-order valence-corrected chi connectivity index (χ0v) is 25.8. The monoisotopic (exact) mass is 587 g/mol. The van der Waals surface area contributed by atoms with E-state index in [2.05, 4.69) is 15.8 Å². The van der Waals surface area contributed by atoms with Crippen LogP contribution in [0.3, 0.4) is 0 Å². The van der Waals surface area contributed by atoms with Crippen LogP contribution in [0.1, 0.15) is 61.3 Å². The van der Waals surface area contributed by atoms with Crippen LogP contribution in [-0.4, -0.2) is 31.3 Å². The summed E-state index contributed by atoms with van der Waals surface area (Å²) in [5.74, 6) is 0.502. The molecular formula is C31H33N5O3S2. The van der Waals surface area contributed by atoms with Crippen molar-refractivity contribution in [2.75, 3.05) is 0 Å². The van der Waals surface area contributed by atoms with Crippen LogP contribution in [0.25, 0.3) is 21.9 Å². The van der Waals surface area contributed by atoms with Crippen LogP contribution in [0.4, 0.5) is 0 Å². The normalized spacial score (nSPS) is 14.7. The first kappa shape index (κ1) is 28.7. The molecule has 10 heteroatoms. The number of hydrogen-bond donors (Lipinski definition) is 2. The van der Waals surface area contributed by atoms with Crippen molar-refractivity contribution in [1.29, 1.82) is 5.26 Å². The number of aromatic nitrogens is 3. The number of aryl methyl sites for hydroxylation is 3. The van der Waals surface area contributed by atoms with Crippen molar-refractivity contribution in [2.45, 2.75) is 63.6 Å². The van der Waals surface area contributed by atoms with Gasteiger partial charge in [0.15, 0.2) is 0 Å². The lowest BCUT2D eigenvalue weighted by atomic mass is 9.85. The van der Waals surface area contributed by atoms with Gasteiger partial charge in [-0.2, -0.15) is 5.26 Å². The van der Waals surface area contributed by atoms with Crippen molar-refractivity contribution in [1.82, 2.24) is 18.7 Å². The summed E-state index contributed by atoms with van der Waals surface area (Å²) in [5, 5.41) is 10.1. The highest BCUT2D eigenvalue weighted by Gasteiger charge is 2.40. The fraction of sp³-hybridized carbons (Fsp3) is 0.290. The molecule has 5 aromatic rings. The van der Waals surface area contributed by atoms with Gasteiger partial charge in [0, 0.05) is 11.6 Å². The van der Waals surface area contributed by atoms with Crippen molar-refractivity contribution < 1.29 is 12.6 Å². The predicted octanol–water partition coefficient (Wildman–Crippen LogP) is 5.87. The number of fused-ring (bicyclic) bond motifs is 2. The molecule has 8 nitrogen and oxygen atoms in total. The number of imidazole rings is 1. The maximum absolute atomic E-state index is 13.8. The van der Waals surface area contributed by atoms with E-state index in [1.807, 2.05) is 54.5 Å². The standard InChI is InChI=1S/C31H33N5O3S2/c1-19-8-11-23(12-9-19)41(38,39)36-15-14-24-27(20(2)16-21(3)28(24)36)31(7,35-40(37)30(4,5)6)29-33-25-13-10-22(18-32)17-26(25)34-29/h8-17,35H,1-7H3,(H,33,34). The molecule has 2 atom stereocenters. The summed E-state index contributed by atoms with van der Waals surface area (Å²) in [5.41, 5.74) is 4.66. The molecule has 0 saturated heterocycles. The first-order valence-corrected chi connectivity index (χ1v) is 15.8. The fourth-order valence-corrected chi connectivity index (χ4v) is 7.53. The van der Waals surface area contributed by atoms with Gasteiger partial charge in [0.2, 0.25) is 0 Å². The SMILES string of the molecule is Cc1ccc(S(=O)(=O)n2ccc3c(C(C)(NS(=O)C(C)(C)C)c4nc5ccc(C#N)cc5[nH]4)c(C)cc(C)c32)cc1. The smallest absolute Gasteiger partial charge is 0.268 e. The van der Waals surface area contributed by atoms with Gasteiger partial charge in [-0.15, -0.1) is 0 Å². The van der Waals surface area contributed by atoms with Gasteiger partial charge in [-0.3, -0.25) is 0 Å². The lowest BCUT2D eigenvalue weighted by Gasteiger charge is -2.34. The van der Waals surface area contributed by atoms with Gasteiger partial charge < -0.3 is 4.98 Å². The zero-order chi connectivity index (χ0) is 29.9. The lowest BCUT2D eigenvalue weighted by molar-refractivity contribution is 0.501. The Morgan fingerprint density at radius 3 is 2.29 bits per heavy atom. The van der Waals surface area contributed by atoms with Crippen molar-refractivity contribution in [3.05, 3.63) is 94.4 Å². The molecule has 0 radical (unpaired) electrons. The topological polar surface area (TPSA) is 121 Å². The van der Waals surface area contributed by atoms with Gasteiger partial charge in [-0.05, 0) is 102 Å². The Bertz CT molecular complexity index is 1990. The molecular weight excluding hydrogens is 555 g/mol. The number of rotatable bonds is 6. The highest BCUT2D eigenvalue weighted by atomic mass is 32.2. The molecule has 2 unspecified atom stereocenters. The van der Waals surface area contributed by atoms with Crippen LogP contribution in [0, 0.1) is 32.1 Å². The van der Waals surface area contributed by atoms with Crippen LogP contribution < -0.4 is 4.72 Å². The van der Waals surface area contributed by atoms with E-state index in [1.165, 1.54) is 3.97 Å². The quantitative estimate of drug-likeness (QED) is 0.258. The van der Waals surface area contributed by atoms with Crippen molar-refractivity contribution in [3.63, 3.8) is 0 Å². The predicted molar refractivity (Wildman–Crippen MR) is 163 cm³/mol. The molecule has 41 heavy (non-hydrogen) atoms. The Balaban J connectivity index is 1.80. The first-order valence-electron chi connectivity index (χ1n) is 13.2. The Hall–Kier alpha value is -3.78. The molecule has 212 valence electrons. The van der Waals surface area contributed by atoms with E-state index < -0.39 is 31.3 Å². The molecule has 0 spiro atoms. The summed E-state index contributed by atoms with van der Waals surface area (Å²) in [7, 11) is -5.42. The van der Waals surface area contributed by atoms with Gasteiger partial charge in [-0.1, -0.05) is 23.8 Å². The number of nitrogens with zero attached hydrogens (tertiary/aromatic N) is 3. The first-order chi connectivity index (χ1) is 19.2. The molecule has 0 fully saturated rings. The maximum atomic E-state index is 13.8. The molecule has 0 aliphatic carbocycles. The summed E-state index contributed by atoms with van der Waals surface area (Å²) in [6, 6.07) is 17.9. The Kier molecular flexibility index (Phi) is 6.97. The second-order valence-electron chi connectivity index (χ2n) is 11.6. The van der Waals surface area contributed by atoms with Crippen LogP contribution in [0.2, 0.25) is 0 Å². The molecule has 5 rings (SSSR count). The molecule has 3 aromatic carbocycles. The lowest BCUT2D eigenvalue weighted by Crippen LogP contribution is -2.48. The number of nitrogens with one attached hydrogen (secondary N) is 2. The van der Waals surface area contributed by atoms with E-state index in [0.29, 0.717) is 33.3 Å². The van der Waals surface area contributed by atoms with Crippen LogP contribution in [-0.2, 0) is 26.5 Å². The third kappa shape index (κ3) is 4.88. The largest absolute Gasteiger partial charge is 0.340 e. The summed E-state index contributed by atoms with van der Waals surface area (Å²) in [6.07, 6.45) is 1.58. The minimum Gasteiger partial charge on any atom is -0.340 e. The summed E-state index contributed by atoms with van der Waals surface area (Å²) >= 11 is 0. The molecule has 2 aromatic heterocycles. The molecule has 0 amide bonds. The second kappa shape index (κ2) is 9.94. The third-order valence-electron chi connectivity index (χ3n) is 7.34. The van der Waals surface area contributed by atoms with Gasteiger partial charge in [0.25, 0.3) is 10.0 Å². The summed E-state index contributed by atoms with van der Waals surface area (Å²) in [6.45, 7) is 13.3. The van der Waals surface area contributed by atoms with Gasteiger partial charge in [0.05, 0.1) is 48.8 Å². The molecule has 0 saturated carbocycles. The molecule has 0 aliphatic heterocycles. The second-order valence-corrected chi connectivity index (χ2v) is 15.4. The van der Waals surface area contributed by atoms with Crippen molar-refractivity contribution in [2.24, 2.45) is 0 Å². The van der Waals surface area contributed by atoms with E-state index in [1.54, 1.807) is 54.7 Å². The van der Waals surface area contributed by atoms with Crippen LogP contribution in [0.5, 0.6) is 0 Å². The number of benzene rings is 3. The zero-order valence-electron chi connectivity index (χ0n) is 24.2. The Morgan fingerprint density at radius 2 is 1.66 bits per heavy atom. The average Bonchev–Trinajstić information content (AvgIpc) is 3.53. The van der Waals surface area contributed by atoms with Crippen molar-refractivity contribution in [3.8, 4) is 6.07 Å². The molecule has 2 heterocycles. The summed E-state index contributed by atoms with van der Waals surface area (Å²) in [4.78, 5) is 8.42. The van der Waals surface area contributed by atoms with Gasteiger partial charge in [-0.25, -0.2) is 26.3 Å².